The summed E-state index contributed by atoms with van der Waals surface area (Å²) in [6.07, 6.45) is 0.577. The van der Waals surface area contributed by atoms with Gasteiger partial charge < -0.3 is 14.7 Å². The highest BCUT2D eigenvalue weighted by Crippen LogP contribution is 2.41. The van der Waals surface area contributed by atoms with E-state index in [1.54, 1.807) is 4.90 Å². The Labute approximate surface area is 222 Å². The van der Waals surface area contributed by atoms with Gasteiger partial charge in [0.1, 0.15) is 17.3 Å². The number of rotatable bonds is 7. The van der Waals surface area contributed by atoms with Crippen LogP contribution in [-0.2, 0) is 16.0 Å². The van der Waals surface area contributed by atoms with E-state index in [1.807, 2.05) is 117 Å². The zero-order valence-corrected chi connectivity index (χ0v) is 21.4. The Morgan fingerprint density at radius 1 is 0.816 bits per heavy atom. The summed E-state index contributed by atoms with van der Waals surface area (Å²) in [6.45, 7) is 4.13. The molecule has 4 aromatic rings. The molecule has 1 aliphatic rings. The van der Waals surface area contributed by atoms with E-state index < -0.39 is 17.7 Å². The molecule has 1 saturated heterocycles. The molecular weight excluding hydrogens is 474 g/mol. The van der Waals surface area contributed by atoms with Crippen molar-refractivity contribution in [1.29, 1.82) is 0 Å². The number of nitrogens with zero attached hydrogens (tertiary/aromatic N) is 1. The molecule has 190 valence electrons. The molecule has 1 fully saturated rings. The zero-order valence-electron chi connectivity index (χ0n) is 21.4. The third kappa shape index (κ3) is 5.09. The number of carbonyl (C=O) groups is 2. The predicted molar refractivity (Wildman–Crippen MR) is 148 cm³/mol. The lowest BCUT2D eigenvalue weighted by Gasteiger charge is -2.26. The quantitative estimate of drug-likeness (QED) is 0.172. The fourth-order valence-electron chi connectivity index (χ4n) is 4.86. The first kappa shape index (κ1) is 25.0. The van der Waals surface area contributed by atoms with Gasteiger partial charge in [0.25, 0.3) is 11.7 Å². The lowest BCUT2D eigenvalue weighted by molar-refractivity contribution is -0.139. The van der Waals surface area contributed by atoms with Crippen molar-refractivity contribution in [2.24, 2.45) is 0 Å². The predicted octanol–water partition coefficient (Wildman–Crippen LogP) is 6.76. The normalized spacial score (nSPS) is 16.6. The number of Topliss-reactive ketones (excluding diaryl/α,β-unsaturated/α-hetero) is 1. The number of carbonyl (C=O) groups excluding carboxylic acids is 2. The fourth-order valence-corrected chi connectivity index (χ4v) is 4.86. The minimum absolute atomic E-state index is 0.0913. The molecule has 5 rings (SSSR count). The summed E-state index contributed by atoms with van der Waals surface area (Å²) in [5, 5.41) is 11.5. The molecule has 1 heterocycles. The molecule has 0 saturated carbocycles. The van der Waals surface area contributed by atoms with Crippen LogP contribution in [0.2, 0.25) is 0 Å². The number of aliphatic hydroxyl groups excluding tert-OH is 1. The standard InChI is InChI=1S/C33H29NO4/c1-22-16-17-23(2)28(20-22)31(35)29-30(25-12-9-15-27(21-25)38-26-13-7-4-8-14-26)34(33(37)32(29)36)19-18-24-10-5-3-6-11-24/h3-17,20-21,30,35H,18-19H2,1-2H3/b31-29+. The smallest absolute Gasteiger partial charge is 0.295 e. The minimum atomic E-state index is -0.752. The van der Waals surface area contributed by atoms with Gasteiger partial charge in [0.2, 0.25) is 0 Å². The summed E-state index contributed by atoms with van der Waals surface area (Å²) in [5.74, 6) is -0.207. The van der Waals surface area contributed by atoms with Crippen molar-refractivity contribution in [1.82, 2.24) is 4.90 Å². The van der Waals surface area contributed by atoms with Gasteiger partial charge in [0, 0.05) is 12.1 Å². The molecule has 0 aromatic heterocycles. The number of amides is 1. The Morgan fingerprint density at radius 2 is 1.50 bits per heavy atom. The Bertz CT molecular complexity index is 1510. The first-order valence-corrected chi connectivity index (χ1v) is 12.6. The number of likely N-dealkylation sites (tertiary alicyclic amines) is 1. The van der Waals surface area contributed by atoms with Crippen LogP contribution < -0.4 is 4.74 Å². The molecule has 0 spiro atoms. The first-order valence-electron chi connectivity index (χ1n) is 12.6. The van der Waals surface area contributed by atoms with Gasteiger partial charge >= 0.3 is 0 Å². The third-order valence-corrected chi connectivity index (χ3v) is 6.83. The number of hydrogen-bond acceptors (Lipinski definition) is 4. The third-order valence-electron chi connectivity index (χ3n) is 6.83. The Balaban J connectivity index is 1.60. The van der Waals surface area contributed by atoms with Crippen LogP contribution in [0, 0.1) is 13.8 Å². The Kier molecular flexibility index (Phi) is 7.09. The van der Waals surface area contributed by atoms with Crippen molar-refractivity contribution in [3.8, 4) is 11.5 Å². The molecule has 0 aliphatic carbocycles. The van der Waals surface area contributed by atoms with E-state index in [0.29, 0.717) is 35.6 Å². The summed E-state index contributed by atoms with van der Waals surface area (Å²) in [5.41, 5.74) is 4.16. The topological polar surface area (TPSA) is 66.8 Å². The largest absolute Gasteiger partial charge is 0.507 e. The van der Waals surface area contributed by atoms with Crippen LogP contribution in [0.25, 0.3) is 5.76 Å². The fraction of sp³-hybridized carbons (Fsp3) is 0.152. The van der Waals surface area contributed by atoms with Crippen LogP contribution in [0.1, 0.15) is 33.9 Å². The SMILES string of the molecule is Cc1ccc(C)c(/C(O)=C2\C(=O)C(=O)N(CCc3ccccc3)C2c2cccc(Oc3ccccc3)c2)c1. The average molecular weight is 504 g/mol. The van der Waals surface area contributed by atoms with Gasteiger partial charge in [-0.15, -0.1) is 0 Å². The number of ketones is 1. The number of aliphatic hydroxyl groups is 1. The lowest BCUT2D eigenvalue weighted by Crippen LogP contribution is -2.31. The molecule has 4 aromatic carbocycles. The summed E-state index contributed by atoms with van der Waals surface area (Å²) >= 11 is 0. The summed E-state index contributed by atoms with van der Waals surface area (Å²) in [4.78, 5) is 28.4. The minimum Gasteiger partial charge on any atom is -0.507 e. The van der Waals surface area contributed by atoms with Gasteiger partial charge in [-0.3, -0.25) is 9.59 Å². The van der Waals surface area contributed by atoms with Crippen LogP contribution in [0.15, 0.2) is 109 Å². The summed E-state index contributed by atoms with van der Waals surface area (Å²) in [7, 11) is 0. The number of benzene rings is 4. The Hall–Kier alpha value is -4.64. The summed E-state index contributed by atoms with van der Waals surface area (Å²) < 4.78 is 6.05. The Morgan fingerprint density at radius 3 is 2.24 bits per heavy atom. The molecule has 1 N–H and O–H groups in total. The molecular formula is C33H29NO4. The van der Waals surface area contributed by atoms with Gasteiger partial charge in [-0.1, -0.05) is 78.4 Å². The second-order valence-electron chi connectivity index (χ2n) is 9.53. The maximum Gasteiger partial charge on any atom is 0.295 e. The van der Waals surface area contributed by atoms with Crippen LogP contribution >= 0.6 is 0 Å². The van der Waals surface area contributed by atoms with Gasteiger partial charge in [0.05, 0.1) is 11.6 Å². The number of ether oxygens (including phenoxy) is 1. The second-order valence-corrected chi connectivity index (χ2v) is 9.53. The molecule has 1 amide bonds. The molecule has 1 unspecified atom stereocenters. The van der Waals surface area contributed by atoms with Crippen LogP contribution in [0.4, 0.5) is 0 Å². The van der Waals surface area contributed by atoms with E-state index in [4.69, 9.17) is 4.74 Å². The molecule has 1 aliphatic heterocycles. The van der Waals surface area contributed by atoms with Crippen LogP contribution in [-0.4, -0.2) is 28.2 Å². The lowest BCUT2D eigenvalue weighted by atomic mass is 9.93. The molecule has 0 radical (unpaired) electrons. The van der Waals surface area contributed by atoms with Gasteiger partial charge in [-0.05, 0) is 67.3 Å². The van der Waals surface area contributed by atoms with E-state index in [0.717, 1.165) is 16.7 Å². The van der Waals surface area contributed by atoms with Crippen molar-refractivity contribution in [2.75, 3.05) is 6.54 Å². The van der Waals surface area contributed by atoms with Gasteiger partial charge in [0.15, 0.2) is 0 Å². The highest BCUT2D eigenvalue weighted by atomic mass is 16.5. The molecule has 0 bridgehead atoms. The molecule has 1 atom stereocenters. The van der Waals surface area contributed by atoms with E-state index in [2.05, 4.69) is 0 Å². The highest BCUT2D eigenvalue weighted by molar-refractivity contribution is 6.46. The maximum atomic E-state index is 13.5. The number of hydrogen-bond donors (Lipinski definition) is 1. The van der Waals surface area contributed by atoms with Crippen molar-refractivity contribution < 1.29 is 19.4 Å². The van der Waals surface area contributed by atoms with E-state index >= 15 is 0 Å². The molecule has 38 heavy (non-hydrogen) atoms. The van der Waals surface area contributed by atoms with E-state index in [-0.39, 0.29) is 11.3 Å². The van der Waals surface area contributed by atoms with E-state index in [1.165, 1.54) is 0 Å². The molecule has 5 nitrogen and oxygen atoms in total. The van der Waals surface area contributed by atoms with Crippen molar-refractivity contribution in [2.45, 2.75) is 26.3 Å². The number of para-hydroxylation sites is 1. The van der Waals surface area contributed by atoms with Gasteiger partial charge in [-0.25, -0.2) is 0 Å². The van der Waals surface area contributed by atoms with Crippen LogP contribution in [0.5, 0.6) is 11.5 Å². The van der Waals surface area contributed by atoms with Crippen molar-refractivity contribution in [3.63, 3.8) is 0 Å². The van der Waals surface area contributed by atoms with Crippen molar-refractivity contribution >= 4 is 17.4 Å². The molecule has 5 heteroatoms. The second kappa shape index (κ2) is 10.8. The van der Waals surface area contributed by atoms with Gasteiger partial charge in [-0.2, -0.15) is 0 Å². The highest BCUT2D eigenvalue weighted by Gasteiger charge is 2.46. The average Bonchev–Trinajstić information content (AvgIpc) is 3.19. The maximum absolute atomic E-state index is 13.5. The zero-order chi connectivity index (χ0) is 26.6. The monoisotopic (exact) mass is 503 g/mol. The number of aryl methyl sites for hydroxylation is 2. The van der Waals surface area contributed by atoms with E-state index in [9.17, 15) is 14.7 Å². The van der Waals surface area contributed by atoms with Crippen molar-refractivity contribution in [3.05, 3.63) is 137 Å². The first-order chi connectivity index (χ1) is 18.4. The van der Waals surface area contributed by atoms with Crippen LogP contribution in [0.3, 0.4) is 0 Å². The summed E-state index contributed by atoms with van der Waals surface area (Å²) in [6, 6.07) is 31.5.